The fourth-order valence-electron chi connectivity index (χ4n) is 3.68. The lowest BCUT2D eigenvalue weighted by Crippen LogP contribution is -2.41. The maximum atomic E-state index is 12.6. The van der Waals surface area contributed by atoms with Crippen molar-refractivity contribution in [3.05, 3.63) is 46.6 Å². The predicted octanol–water partition coefficient (Wildman–Crippen LogP) is 3.51. The standard InChI is InChI=1S/C21H24BrN3O3/c22-17-4-6-20(23-13-17)24-21(26)16-2-1-8-25(14-16)9-7-15-3-5-18-19(12-15)28-11-10-27-18/h3-6,12-13,16H,1-2,7-11,14H2,(H,23,24,26). The van der Waals surface area contributed by atoms with Crippen LogP contribution in [0.3, 0.4) is 0 Å². The lowest BCUT2D eigenvalue weighted by molar-refractivity contribution is -0.121. The first-order chi connectivity index (χ1) is 13.7. The van der Waals surface area contributed by atoms with E-state index in [0.717, 1.165) is 54.9 Å². The van der Waals surface area contributed by atoms with Crippen molar-refractivity contribution in [1.29, 1.82) is 0 Å². The van der Waals surface area contributed by atoms with Gasteiger partial charge in [0.1, 0.15) is 19.0 Å². The molecule has 2 aromatic rings. The van der Waals surface area contributed by atoms with Crippen molar-refractivity contribution in [2.75, 3.05) is 38.2 Å². The van der Waals surface area contributed by atoms with Gasteiger partial charge < -0.3 is 19.7 Å². The molecule has 1 aromatic heterocycles. The number of hydrogen-bond acceptors (Lipinski definition) is 5. The Labute approximate surface area is 173 Å². The number of likely N-dealkylation sites (tertiary alicyclic amines) is 1. The van der Waals surface area contributed by atoms with Crippen molar-refractivity contribution in [1.82, 2.24) is 9.88 Å². The highest BCUT2D eigenvalue weighted by atomic mass is 79.9. The summed E-state index contributed by atoms with van der Waals surface area (Å²) in [7, 11) is 0. The minimum absolute atomic E-state index is 0.000497. The minimum atomic E-state index is -0.000497. The monoisotopic (exact) mass is 445 g/mol. The summed E-state index contributed by atoms with van der Waals surface area (Å²) in [5, 5.41) is 2.94. The average Bonchev–Trinajstić information content (AvgIpc) is 2.74. The quantitative estimate of drug-likeness (QED) is 0.762. The van der Waals surface area contributed by atoms with Crippen LogP contribution in [-0.4, -0.2) is 48.6 Å². The number of halogens is 1. The van der Waals surface area contributed by atoms with E-state index >= 15 is 0 Å². The molecule has 0 radical (unpaired) electrons. The highest BCUT2D eigenvalue weighted by molar-refractivity contribution is 9.10. The van der Waals surface area contributed by atoms with Crippen LogP contribution in [0, 0.1) is 5.92 Å². The van der Waals surface area contributed by atoms with E-state index in [1.807, 2.05) is 18.2 Å². The van der Waals surface area contributed by atoms with Crippen LogP contribution in [0.4, 0.5) is 5.82 Å². The van der Waals surface area contributed by atoms with Crippen LogP contribution in [0.1, 0.15) is 18.4 Å². The van der Waals surface area contributed by atoms with Gasteiger partial charge in [0, 0.05) is 23.8 Å². The van der Waals surface area contributed by atoms with Gasteiger partial charge >= 0.3 is 0 Å². The van der Waals surface area contributed by atoms with Gasteiger partial charge in [-0.1, -0.05) is 6.07 Å². The van der Waals surface area contributed by atoms with E-state index in [2.05, 4.69) is 43.3 Å². The number of nitrogens with zero attached hydrogens (tertiary/aromatic N) is 2. The minimum Gasteiger partial charge on any atom is -0.486 e. The highest BCUT2D eigenvalue weighted by Crippen LogP contribution is 2.31. The van der Waals surface area contributed by atoms with E-state index in [1.165, 1.54) is 5.56 Å². The Balaban J connectivity index is 1.30. The van der Waals surface area contributed by atoms with Crippen molar-refractivity contribution in [3.63, 3.8) is 0 Å². The summed E-state index contributed by atoms with van der Waals surface area (Å²) in [6.07, 6.45) is 4.57. The van der Waals surface area contributed by atoms with Crippen LogP contribution in [0.25, 0.3) is 0 Å². The molecule has 1 N–H and O–H groups in total. The number of aromatic nitrogens is 1. The van der Waals surface area contributed by atoms with Gasteiger partial charge in [-0.25, -0.2) is 4.98 Å². The Bertz CT molecular complexity index is 828. The average molecular weight is 446 g/mol. The van der Waals surface area contributed by atoms with Crippen LogP contribution in [0.2, 0.25) is 0 Å². The van der Waals surface area contributed by atoms with Gasteiger partial charge in [0.05, 0.1) is 5.92 Å². The molecular formula is C21H24BrN3O3. The highest BCUT2D eigenvalue weighted by Gasteiger charge is 2.26. The molecule has 1 fully saturated rings. The van der Waals surface area contributed by atoms with Gasteiger partial charge in [-0.2, -0.15) is 0 Å². The van der Waals surface area contributed by atoms with E-state index in [1.54, 1.807) is 6.20 Å². The van der Waals surface area contributed by atoms with Crippen molar-refractivity contribution < 1.29 is 14.3 Å². The van der Waals surface area contributed by atoms with Gasteiger partial charge in [-0.3, -0.25) is 4.79 Å². The number of pyridine rings is 1. The molecule has 1 atom stereocenters. The molecule has 1 aromatic carbocycles. The molecule has 1 unspecified atom stereocenters. The number of amides is 1. The molecule has 6 nitrogen and oxygen atoms in total. The van der Waals surface area contributed by atoms with Crippen LogP contribution in [0.5, 0.6) is 11.5 Å². The number of ether oxygens (including phenoxy) is 2. The number of piperidine rings is 1. The molecule has 0 spiro atoms. The van der Waals surface area contributed by atoms with Crippen LogP contribution < -0.4 is 14.8 Å². The third-order valence-corrected chi connectivity index (χ3v) is 5.65. The van der Waals surface area contributed by atoms with Crippen molar-refractivity contribution in [2.45, 2.75) is 19.3 Å². The maximum absolute atomic E-state index is 12.6. The van der Waals surface area contributed by atoms with Gasteiger partial charge in [-0.15, -0.1) is 0 Å². The van der Waals surface area contributed by atoms with E-state index in [4.69, 9.17) is 9.47 Å². The van der Waals surface area contributed by atoms with Gasteiger partial charge in [0.15, 0.2) is 11.5 Å². The van der Waals surface area contributed by atoms with Gasteiger partial charge in [0.2, 0.25) is 5.91 Å². The fourth-order valence-corrected chi connectivity index (χ4v) is 3.92. The fraction of sp³-hybridized carbons (Fsp3) is 0.429. The zero-order valence-corrected chi connectivity index (χ0v) is 17.3. The van der Waals surface area contributed by atoms with Crippen molar-refractivity contribution in [3.8, 4) is 11.5 Å². The number of anilines is 1. The van der Waals surface area contributed by atoms with Gasteiger partial charge in [0.25, 0.3) is 0 Å². The smallest absolute Gasteiger partial charge is 0.229 e. The summed E-state index contributed by atoms with van der Waals surface area (Å²) in [5.41, 5.74) is 1.23. The van der Waals surface area contributed by atoms with Crippen LogP contribution in [-0.2, 0) is 11.2 Å². The Hall–Kier alpha value is -2.12. The number of carbonyl (C=O) groups excluding carboxylic acids is 1. The summed E-state index contributed by atoms with van der Waals surface area (Å²) >= 11 is 3.36. The molecule has 0 saturated carbocycles. The molecule has 1 amide bonds. The lowest BCUT2D eigenvalue weighted by Gasteiger charge is -2.32. The number of fused-ring (bicyclic) bond motifs is 1. The van der Waals surface area contributed by atoms with Crippen molar-refractivity contribution >= 4 is 27.7 Å². The predicted molar refractivity (Wildman–Crippen MR) is 111 cm³/mol. The van der Waals surface area contributed by atoms with E-state index in [9.17, 15) is 4.79 Å². The zero-order valence-electron chi connectivity index (χ0n) is 15.7. The second kappa shape index (κ2) is 8.92. The number of carbonyl (C=O) groups is 1. The Morgan fingerprint density at radius 2 is 2.07 bits per heavy atom. The summed E-state index contributed by atoms with van der Waals surface area (Å²) in [4.78, 5) is 19.2. The zero-order chi connectivity index (χ0) is 19.3. The molecule has 4 rings (SSSR count). The number of benzene rings is 1. The topological polar surface area (TPSA) is 63.7 Å². The lowest BCUT2D eigenvalue weighted by atomic mass is 9.96. The Morgan fingerprint density at radius 3 is 2.89 bits per heavy atom. The molecule has 1 saturated heterocycles. The molecule has 2 aliphatic heterocycles. The number of rotatable bonds is 5. The molecule has 3 heterocycles. The summed E-state index contributed by atoms with van der Waals surface area (Å²) in [5.74, 6) is 2.31. The first-order valence-corrected chi connectivity index (χ1v) is 10.5. The molecular weight excluding hydrogens is 422 g/mol. The summed E-state index contributed by atoms with van der Waals surface area (Å²) in [6.45, 7) is 3.96. The first-order valence-electron chi connectivity index (χ1n) is 9.71. The molecule has 28 heavy (non-hydrogen) atoms. The first kappa shape index (κ1) is 19.2. The third-order valence-electron chi connectivity index (χ3n) is 5.18. The molecule has 0 aliphatic carbocycles. The normalized spacial score (nSPS) is 19.2. The van der Waals surface area contributed by atoms with Crippen LogP contribution >= 0.6 is 15.9 Å². The molecule has 7 heteroatoms. The van der Waals surface area contributed by atoms with Crippen molar-refractivity contribution in [2.24, 2.45) is 5.92 Å². The van der Waals surface area contributed by atoms with E-state index < -0.39 is 0 Å². The summed E-state index contributed by atoms with van der Waals surface area (Å²) in [6, 6.07) is 9.85. The Morgan fingerprint density at radius 1 is 1.21 bits per heavy atom. The van der Waals surface area contributed by atoms with E-state index in [0.29, 0.717) is 19.0 Å². The second-order valence-electron chi connectivity index (χ2n) is 7.22. The van der Waals surface area contributed by atoms with Gasteiger partial charge in [-0.05, 0) is 71.6 Å². The number of nitrogens with one attached hydrogen (secondary N) is 1. The maximum Gasteiger partial charge on any atom is 0.229 e. The van der Waals surface area contributed by atoms with Crippen LogP contribution in [0.15, 0.2) is 41.0 Å². The van der Waals surface area contributed by atoms with E-state index in [-0.39, 0.29) is 11.8 Å². The second-order valence-corrected chi connectivity index (χ2v) is 8.13. The molecule has 0 bridgehead atoms. The Kier molecular flexibility index (Phi) is 6.12. The summed E-state index contributed by atoms with van der Waals surface area (Å²) < 4.78 is 12.1. The molecule has 2 aliphatic rings. The third kappa shape index (κ3) is 4.83. The number of hydrogen-bond donors (Lipinski definition) is 1. The molecule has 148 valence electrons. The SMILES string of the molecule is O=C(Nc1ccc(Br)cn1)C1CCCN(CCc2ccc3c(c2)OCCO3)C1. The largest absolute Gasteiger partial charge is 0.486 e.